The summed E-state index contributed by atoms with van der Waals surface area (Å²) in [4.78, 5) is 15.1. The van der Waals surface area contributed by atoms with E-state index in [-0.39, 0.29) is 11.9 Å². The van der Waals surface area contributed by atoms with Gasteiger partial charge in [-0.25, -0.2) is 0 Å². The molecule has 26 heavy (non-hydrogen) atoms. The number of carbonyl (C=O) groups excluding carboxylic acids is 1. The number of thiophene rings is 2. The largest absolute Gasteiger partial charge is 0.347 e. The van der Waals surface area contributed by atoms with Crippen LogP contribution in [0.1, 0.15) is 44.2 Å². The van der Waals surface area contributed by atoms with Gasteiger partial charge in [-0.1, -0.05) is 26.0 Å². The molecule has 0 aliphatic rings. The number of nitrogens with zero attached hydrogens (tertiary/aromatic N) is 2. The van der Waals surface area contributed by atoms with Crippen LogP contribution in [0.5, 0.6) is 0 Å². The van der Waals surface area contributed by atoms with Gasteiger partial charge in [0.1, 0.15) is 6.04 Å². The zero-order chi connectivity index (χ0) is 18.7. The molecule has 0 aliphatic carbocycles. The topological polar surface area (TPSA) is 62.7 Å². The summed E-state index contributed by atoms with van der Waals surface area (Å²) in [6.45, 7) is 6.19. The van der Waals surface area contributed by atoms with Crippen LogP contribution in [-0.4, -0.2) is 20.7 Å². The fourth-order valence-electron chi connectivity index (χ4n) is 2.86. The van der Waals surface area contributed by atoms with E-state index in [0.717, 1.165) is 11.3 Å². The smallest absolute Gasteiger partial charge is 0.243 e. The van der Waals surface area contributed by atoms with Crippen LogP contribution < -0.4 is 5.32 Å². The minimum Gasteiger partial charge on any atom is -0.347 e. The number of amides is 1. The lowest BCUT2D eigenvalue weighted by Crippen LogP contribution is -2.34. The second-order valence-corrected chi connectivity index (χ2v) is 8.90. The van der Waals surface area contributed by atoms with Crippen LogP contribution in [0.3, 0.4) is 0 Å². The molecule has 0 aromatic carbocycles. The van der Waals surface area contributed by atoms with E-state index in [2.05, 4.69) is 35.4 Å². The molecular formula is C18H22N4OS3. The fourth-order valence-corrected chi connectivity index (χ4v) is 4.65. The third-order valence-electron chi connectivity index (χ3n) is 4.12. The first-order chi connectivity index (χ1) is 12.5. The molecule has 2 unspecified atom stereocenters. The van der Waals surface area contributed by atoms with Crippen LogP contribution in [-0.2, 0) is 4.79 Å². The Bertz CT molecular complexity index is 893. The maximum atomic E-state index is 13.0. The number of carbonyl (C=O) groups is 1. The number of hydrogen-bond donors (Lipinski definition) is 2. The molecule has 2 atom stereocenters. The highest BCUT2D eigenvalue weighted by Gasteiger charge is 2.25. The Morgan fingerprint density at radius 2 is 2.00 bits per heavy atom. The Balaban J connectivity index is 1.84. The first-order valence-corrected chi connectivity index (χ1v) is 10.7. The quantitative estimate of drug-likeness (QED) is 0.530. The van der Waals surface area contributed by atoms with E-state index in [4.69, 9.17) is 12.2 Å². The third kappa shape index (κ3) is 4.13. The highest BCUT2D eigenvalue weighted by molar-refractivity contribution is 7.71. The van der Waals surface area contributed by atoms with Gasteiger partial charge in [0, 0.05) is 4.88 Å². The van der Waals surface area contributed by atoms with Gasteiger partial charge < -0.3 is 5.32 Å². The lowest BCUT2D eigenvalue weighted by molar-refractivity contribution is -0.124. The summed E-state index contributed by atoms with van der Waals surface area (Å²) in [6.07, 6.45) is 0.896. The van der Waals surface area contributed by atoms with Crippen LogP contribution in [0.25, 0.3) is 10.7 Å². The monoisotopic (exact) mass is 406 g/mol. The molecule has 0 bridgehead atoms. The van der Waals surface area contributed by atoms with E-state index in [1.807, 2.05) is 35.9 Å². The molecule has 138 valence electrons. The summed E-state index contributed by atoms with van der Waals surface area (Å²) in [5.41, 5.74) is 0. The fraction of sp³-hybridized carbons (Fsp3) is 0.389. The van der Waals surface area contributed by atoms with Gasteiger partial charge in [-0.05, 0) is 54.4 Å². The zero-order valence-corrected chi connectivity index (χ0v) is 17.4. The number of aromatic amines is 1. The van der Waals surface area contributed by atoms with Crippen molar-refractivity contribution in [2.45, 2.75) is 39.3 Å². The minimum atomic E-state index is -0.451. The summed E-state index contributed by atoms with van der Waals surface area (Å²) >= 11 is 8.62. The average Bonchev–Trinajstić information content (AvgIpc) is 3.34. The molecule has 3 rings (SSSR count). The Labute approximate surface area is 166 Å². The first-order valence-electron chi connectivity index (χ1n) is 8.52. The van der Waals surface area contributed by atoms with E-state index >= 15 is 0 Å². The van der Waals surface area contributed by atoms with Gasteiger partial charge in [-0.2, -0.15) is 5.10 Å². The first kappa shape index (κ1) is 19.0. The normalized spacial score (nSPS) is 13.7. The lowest BCUT2D eigenvalue weighted by Gasteiger charge is -2.22. The van der Waals surface area contributed by atoms with Gasteiger partial charge in [-0.15, -0.1) is 22.7 Å². The van der Waals surface area contributed by atoms with Gasteiger partial charge in [0.25, 0.3) is 0 Å². The van der Waals surface area contributed by atoms with Gasteiger partial charge in [-0.3, -0.25) is 14.5 Å². The van der Waals surface area contributed by atoms with E-state index in [1.165, 1.54) is 4.88 Å². The van der Waals surface area contributed by atoms with Crippen molar-refractivity contribution in [1.29, 1.82) is 0 Å². The maximum Gasteiger partial charge on any atom is 0.243 e. The molecular weight excluding hydrogens is 384 g/mol. The Morgan fingerprint density at radius 3 is 2.62 bits per heavy atom. The van der Waals surface area contributed by atoms with Crippen molar-refractivity contribution in [2.24, 2.45) is 5.92 Å². The summed E-state index contributed by atoms with van der Waals surface area (Å²) in [7, 11) is 0. The predicted octanol–water partition coefficient (Wildman–Crippen LogP) is 5.20. The second-order valence-electron chi connectivity index (χ2n) is 6.58. The average molecular weight is 407 g/mol. The van der Waals surface area contributed by atoms with Gasteiger partial charge in [0.2, 0.25) is 5.91 Å². The Hall–Kier alpha value is -1.77. The number of hydrogen-bond acceptors (Lipinski definition) is 5. The Kier molecular flexibility index (Phi) is 6.05. The number of aromatic nitrogens is 3. The zero-order valence-electron chi connectivity index (χ0n) is 14.9. The van der Waals surface area contributed by atoms with Crippen molar-refractivity contribution >= 4 is 40.8 Å². The van der Waals surface area contributed by atoms with Crippen LogP contribution in [0, 0.1) is 10.7 Å². The predicted molar refractivity (Wildman–Crippen MR) is 110 cm³/mol. The molecule has 3 aromatic rings. The number of rotatable bonds is 7. The highest BCUT2D eigenvalue weighted by Crippen LogP contribution is 2.28. The van der Waals surface area contributed by atoms with Crippen LogP contribution >= 0.6 is 34.9 Å². The summed E-state index contributed by atoms with van der Waals surface area (Å²) in [5, 5.41) is 14.4. The molecule has 1 amide bonds. The van der Waals surface area contributed by atoms with Crippen molar-refractivity contribution in [2.75, 3.05) is 0 Å². The van der Waals surface area contributed by atoms with E-state index in [0.29, 0.717) is 16.5 Å². The van der Waals surface area contributed by atoms with Crippen molar-refractivity contribution in [3.8, 4) is 10.7 Å². The molecule has 2 N–H and O–H groups in total. The standard InChI is InChI=1S/C18H22N4OS3/c1-11(2)10-13(14-6-4-8-25-14)19-17(23)12(3)22-16(20-21-18(22)24)15-7-5-9-26-15/h4-9,11-13H,10H2,1-3H3,(H,19,23)(H,21,24). The molecule has 3 heterocycles. The van der Waals surface area contributed by atoms with Crippen LogP contribution in [0.4, 0.5) is 0 Å². The SMILES string of the molecule is CC(C)CC(NC(=O)C(C)n1c(-c2cccs2)n[nH]c1=S)c1cccs1. The highest BCUT2D eigenvalue weighted by atomic mass is 32.1. The lowest BCUT2D eigenvalue weighted by atomic mass is 10.0. The van der Waals surface area contributed by atoms with Crippen molar-refractivity contribution in [3.05, 3.63) is 44.7 Å². The molecule has 5 nitrogen and oxygen atoms in total. The molecule has 0 saturated heterocycles. The van der Waals surface area contributed by atoms with E-state index < -0.39 is 6.04 Å². The van der Waals surface area contributed by atoms with Crippen LogP contribution in [0.2, 0.25) is 0 Å². The molecule has 0 radical (unpaired) electrons. The van der Waals surface area contributed by atoms with Crippen LogP contribution in [0.15, 0.2) is 35.0 Å². The molecule has 0 fully saturated rings. The van der Waals surface area contributed by atoms with Gasteiger partial charge in [0.05, 0.1) is 10.9 Å². The molecule has 0 spiro atoms. The van der Waals surface area contributed by atoms with Crippen molar-refractivity contribution in [3.63, 3.8) is 0 Å². The molecule has 3 aromatic heterocycles. The van der Waals surface area contributed by atoms with Gasteiger partial charge in [0.15, 0.2) is 10.6 Å². The summed E-state index contributed by atoms with van der Waals surface area (Å²) in [6, 6.07) is 7.59. The summed E-state index contributed by atoms with van der Waals surface area (Å²) < 4.78 is 2.24. The number of H-pyrrole nitrogens is 1. The van der Waals surface area contributed by atoms with E-state index in [9.17, 15) is 4.79 Å². The van der Waals surface area contributed by atoms with E-state index in [1.54, 1.807) is 27.2 Å². The second kappa shape index (κ2) is 8.28. The minimum absolute atomic E-state index is 0.0104. The number of nitrogens with one attached hydrogen (secondary N) is 2. The molecule has 0 aliphatic heterocycles. The summed E-state index contributed by atoms with van der Waals surface area (Å²) in [5.74, 6) is 1.12. The van der Waals surface area contributed by atoms with Gasteiger partial charge >= 0.3 is 0 Å². The molecule has 0 saturated carbocycles. The van der Waals surface area contributed by atoms with Crippen molar-refractivity contribution < 1.29 is 4.79 Å². The molecule has 8 heteroatoms. The van der Waals surface area contributed by atoms with Crippen molar-refractivity contribution in [1.82, 2.24) is 20.1 Å². The Morgan fingerprint density at radius 1 is 1.27 bits per heavy atom. The third-order valence-corrected chi connectivity index (χ3v) is 6.26. The maximum absolute atomic E-state index is 13.0.